The molecule has 0 saturated heterocycles. The molecule has 0 aromatic heterocycles. The van der Waals surface area contributed by atoms with Gasteiger partial charge in [0, 0.05) is 0 Å². The number of hydrogen-bond acceptors (Lipinski definition) is 0. The third kappa shape index (κ3) is 2.78. The fraction of sp³-hybridized carbons (Fsp3) is 1.00. The SMILES string of the molecule is CCC1CCCC(CC)C1C1C(C)CCCC1C. The van der Waals surface area contributed by atoms with Gasteiger partial charge in [-0.05, 0) is 35.5 Å². The summed E-state index contributed by atoms with van der Waals surface area (Å²) in [6.45, 7) is 9.98. The zero-order chi connectivity index (χ0) is 13.1. The van der Waals surface area contributed by atoms with Gasteiger partial charge in [-0.15, -0.1) is 0 Å². The van der Waals surface area contributed by atoms with Crippen molar-refractivity contribution in [1.29, 1.82) is 0 Å². The topological polar surface area (TPSA) is 0 Å². The van der Waals surface area contributed by atoms with Crippen LogP contribution in [0, 0.1) is 35.5 Å². The summed E-state index contributed by atoms with van der Waals surface area (Å²) in [7, 11) is 0. The van der Waals surface area contributed by atoms with Crippen LogP contribution in [0.25, 0.3) is 0 Å². The molecule has 4 atom stereocenters. The Balaban J connectivity index is 2.18. The molecule has 106 valence electrons. The van der Waals surface area contributed by atoms with Crippen molar-refractivity contribution in [3.8, 4) is 0 Å². The first-order valence-corrected chi connectivity index (χ1v) is 8.69. The van der Waals surface area contributed by atoms with Gasteiger partial charge in [0.15, 0.2) is 0 Å². The van der Waals surface area contributed by atoms with Gasteiger partial charge in [-0.3, -0.25) is 0 Å². The smallest absolute Gasteiger partial charge is 0.0324 e. The summed E-state index contributed by atoms with van der Waals surface area (Å²) in [6.07, 6.45) is 11.9. The van der Waals surface area contributed by atoms with E-state index in [1.165, 1.54) is 51.4 Å². The fourth-order valence-corrected chi connectivity index (χ4v) is 5.46. The first-order chi connectivity index (χ1) is 8.69. The molecule has 0 spiro atoms. The predicted octanol–water partition coefficient (Wildman–Crippen LogP) is 5.91. The Kier molecular flexibility index (Phi) is 5.15. The number of rotatable bonds is 3. The first kappa shape index (κ1) is 14.4. The highest BCUT2D eigenvalue weighted by molar-refractivity contribution is 4.91. The molecule has 0 radical (unpaired) electrons. The van der Waals surface area contributed by atoms with Gasteiger partial charge in [0.2, 0.25) is 0 Å². The van der Waals surface area contributed by atoms with Gasteiger partial charge in [-0.2, -0.15) is 0 Å². The molecule has 0 aliphatic heterocycles. The monoisotopic (exact) mass is 250 g/mol. The van der Waals surface area contributed by atoms with Gasteiger partial charge in [-0.25, -0.2) is 0 Å². The maximum atomic E-state index is 2.55. The quantitative estimate of drug-likeness (QED) is 0.584. The molecule has 0 amide bonds. The van der Waals surface area contributed by atoms with Crippen LogP contribution in [0.4, 0.5) is 0 Å². The molecule has 2 fully saturated rings. The van der Waals surface area contributed by atoms with Crippen LogP contribution in [0.1, 0.15) is 79.1 Å². The second-order valence-corrected chi connectivity index (χ2v) is 7.31. The average molecular weight is 250 g/mol. The lowest BCUT2D eigenvalue weighted by molar-refractivity contribution is 0.00569. The maximum absolute atomic E-state index is 2.55. The third-order valence-corrected chi connectivity index (χ3v) is 6.36. The highest BCUT2D eigenvalue weighted by atomic mass is 14.5. The second kappa shape index (κ2) is 6.44. The Labute approximate surface area is 115 Å². The predicted molar refractivity (Wildman–Crippen MR) is 80.6 cm³/mol. The molecule has 2 aliphatic rings. The van der Waals surface area contributed by atoms with E-state index in [9.17, 15) is 0 Å². The van der Waals surface area contributed by atoms with Crippen LogP contribution in [-0.4, -0.2) is 0 Å². The summed E-state index contributed by atoms with van der Waals surface area (Å²) in [6, 6.07) is 0. The van der Waals surface area contributed by atoms with Crippen LogP contribution in [0.3, 0.4) is 0 Å². The number of hydrogen-bond donors (Lipinski definition) is 0. The van der Waals surface area contributed by atoms with Crippen LogP contribution in [0.15, 0.2) is 0 Å². The fourth-order valence-electron chi connectivity index (χ4n) is 5.46. The van der Waals surface area contributed by atoms with Crippen molar-refractivity contribution >= 4 is 0 Å². The molecule has 2 aliphatic carbocycles. The normalized spacial score (nSPS) is 46.0. The molecule has 0 aromatic rings. The standard InChI is InChI=1S/C18H34/c1-5-15-11-8-12-16(6-2)18(15)17-13(3)9-7-10-14(17)4/h13-18H,5-12H2,1-4H3. The third-order valence-electron chi connectivity index (χ3n) is 6.36. The molecule has 0 bridgehead atoms. The van der Waals surface area contributed by atoms with Crippen molar-refractivity contribution < 1.29 is 0 Å². The Morgan fingerprint density at radius 3 is 1.56 bits per heavy atom. The molecule has 0 heteroatoms. The van der Waals surface area contributed by atoms with Gasteiger partial charge < -0.3 is 0 Å². The van der Waals surface area contributed by atoms with Crippen LogP contribution in [0.2, 0.25) is 0 Å². The molecule has 0 aromatic carbocycles. The zero-order valence-electron chi connectivity index (χ0n) is 13.1. The van der Waals surface area contributed by atoms with E-state index in [4.69, 9.17) is 0 Å². The molecular formula is C18H34. The highest BCUT2D eigenvalue weighted by Crippen LogP contribution is 2.50. The highest BCUT2D eigenvalue weighted by Gasteiger charge is 2.42. The van der Waals surface area contributed by atoms with Crippen molar-refractivity contribution in [3.63, 3.8) is 0 Å². The minimum atomic E-state index is 0.986. The van der Waals surface area contributed by atoms with E-state index < -0.39 is 0 Å². The first-order valence-electron chi connectivity index (χ1n) is 8.69. The molecule has 2 rings (SSSR count). The molecular weight excluding hydrogens is 216 g/mol. The van der Waals surface area contributed by atoms with E-state index in [0.717, 1.165) is 35.5 Å². The average Bonchev–Trinajstić information content (AvgIpc) is 2.38. The lowest BCUT2D eigenvalue weighted by Gasteiger charge is -2.49. The summed E-state index contributed by atoms with van der Waals surface area (Å²) < 4.78 is 0. The molecule has 0 N–H and O–H groups in total. The lowest BCUT2D eigenvalue weighted by atomic mass is 9.57. The molecule has 0 heterocycles. The summed E-state index contributed by atoms with van der Waals surface area (Å²) >= 11 is 0. The minimum Gasteiger partial charge on any atom is -0.0651 e. The Bertz CT molecular complexity index is 222. The maximum Gasteiger partial charge on any atom is -0.0324 e. The van der Waals surface area contributed by atoms with Gasteiger partial charge in [0.05, 0.1) is 0 Å². The Hall–Kier alpha value is 0. The van der Waals surface area contributed by atoms with E-state index in [-0.39, 0.29) is 0 Å². The van der Waals surface area contributed by atoms with Crippen molar-refractivity contribution in [1.82, 2.24) is 0 Å². The van der Waals surface area contributed by atoms with Crippen LogP contribution in [0.5, 0.6) is 0 Å². The van der Waals surface area contributed by atoms with E-state index in [1.807, 2.05) is 0 Å². The van der Waals surface area contributed by atoms with E-state index in [1.54, 1.807) is 0 Å². The molecule has 2 saturated carbocycles. The van der Waals surface area contributed by atoms with Gasteiger partial charge in [0.1, 0.15) is 0 Å². The lowest BCUT2D eigenvalue weighted by Crippen LogP contribution is -2.41. The van der Waals surface area contributed by atoms with Crippen LogP contribution in [-0.2, 0) is 0 Å². The van der Waals surface area contributed by atoms with Gasteiger partial charge in [-0.1, -0.05) is 79.1 Å². The zero-order valence-corrected chi connectivity index (χ0v) is 13.1. The Morgan fingerprint density at radius 1 is 0.667 bits per heavy atom. The van der Waals surface area contributed by atoms with Gasteiger partial charge >= 0.3 is 0 Å². The van der Waals surface area contributed by atoms with Gasteiger partial charge in [0.25, 0.3) is 0 Å². The second-order valence-electron chi connectivity index (χ2n) is 7.31. The van der Waals surface area contributed by atoms with Crippen molar-refractivity contribution in [2.75, 3.05) is 0 Å². The van der Waals surface area contributed by atoms with E-state index in [0.29, 0.717) is 0 Å². The summed E-state index contributed by atoms with van der Waals surface area (Å²) in [5.74, 6) is 6.14. The van der Waals surface area contributed by atoms with Crippen LogP contribution < -0.4 is 0 Å². The molecule has 4 unspecified atom stereocenters. The largest absolute Gasteiger partial charge is 0.0651 e. The Morgan fingerprint density at radius 2 is 1.11 bits per heavy atom. The molecule has 0 nitrogen and oxygen atoms in total. The van der Waals surface area contributed by atoms with E-state index in [2.05, 4.69) is 27.7 Å². The summed E-state index contributed by atoms with van der Waals surface area (Å²) in [4.78, 5) is 0. The molecule has 18 heavy (non-hydrogen) atoms. The summed E-state index contributed by atoms with van der Waals surface area (Å²) in [5.41, 5.74) is 0. The van der Waals surface area contributed by atoms with Crippen molar-refractivity contribution in [2.24, 2.45) is 35.5 Å². The van der Waals surface area contributed by atoms with Crippen LogP contribution >= 0.6 is 0 Å². The van der Waals surface area contributed by atoms with Crippen molar-refractivity contribution in [3.05, 3.63) is 0 Å². The summed E-state index contributed by atoms with van der Waals surface area (Å²) in [5, 5.41) is 0. The minimum absolute atomic E-state index is 0.986. The van der Waals surface area contributed by atoms with E-state index >= 15 is 0 Å². The van der Waals surface area contributed by atoms with Crippen molar-refractivity contribution in [2.45, 2.75) is 79.1 Å².